The second-order valence-electron chi connectivity index (χ2n) is 3.54. The van der Waals surface area contributed by atoms with E-state index in [0.29, 0.717) is 18.0 Å². The first-order valence-electron chi connectivity index (χ1n) is 4.56. The number of piperidine rings is 1. The Morgan fingerprint density at radius 2 is 2.42 bits per heavy atom. The predicted molar refractivity (Wildman–Crippen MR) is 53.7 cm³/mol. The Hall–Kier alpha value is -0.0200. The van der Waals surface area contributed by atoms with Gasteiger partial charge in [0.05, 0.1) is 0 Å². The van der Waals surface area contributed by atoms with Crippen LogP contribution < -0.4 is 0 Å². The quantitative estimate of drug-likeness (QED) is 0.670. The number of rotatable bonds is 3. The first-order valence-corrected chi connectivity index (χ1v) is 5.19. The van der Waals surface area contributed by atoms with Crippen LogP contribution in [0.3, 0.4) is 0 Å². The van der Waals surface area contributed by atoms with Crippen LogP contribution in [-0.4, -0.2) is 36.6 Å². The SMILES string of the molecule is CN1CCCC(C(=O)CCS)C1. The summed E-state index contributed by atoms with van der Waals surface area (Å²) in [7, 11) is 2.08. The third-order valence-electron chi connectivity index (χ3n) is 2.44. The zero-order chi connectivity index (χ0) is 8.97. The van der Waals surface area contributed by atoms with Gasteiger partial charge < -0.3 is 4.90 Å². The van der Waals surface area contributed by atoms with E-state index in [4.69, 9.17) is 0 Å². The molecule has 1 saturated heterocycles. The molecule has 12 heavy (non-hydrogen) atoms. The third-order valence-corrected chi connectivity index (χ3v) is 2.66. The molecule has 0 aliphatic carbocycles. The van der Waals surface area contributed by atoms with Crippen molar-refractivity contribution in [3.63, 3.8) is 0 Å². The molecule has 0 spiro atoms. The number of ketones is 1. The largest absolute Gasteiger partial charge is 0.306 e. The molecular weight excluding hydrogens is 170 g/mol. The van der Waals surface area contributed by atoms with Crippen molar-refractivity contribution in [2.75, 3.05) is 25.9 Å². The van der Waals surface area contributed by atoms with E-state index in [9.17, 15) is 4.79 Å². The fourth-order valence-electron chi connectivity index (χ4n) is 1.74. The molecule has 1 aliphatic rings. The molecule has 3 heteroatoms. The summed E-state index contributed by atoms with van der Waals surface area (Å²) in [4.78, 5) is 13.7. The van der Waals surface area contributed by atoms with Crippen LogP contribution in [0.2, 0.25) is 0 Å². The molecule has 0 aromatic rings. The summed E-state index contributed by atoms with van der Waals surface area (Å²) in [5.74, 6) is 1.38. The van der Waals surface area contributed by atoms with Crippen molar-refractivity contribution in [2.24, 2.45) is 5.92 Å². The van der Waals surface area contributed by atoms with E-state index in [0.717, 1.165) is 19.5 Å². The van der Waals surface area contributed by atoms with E-state index in [1.54, 1.807) is 0 Å². The number of likely N-dealkylation sites (tertiary alicyclic amines) is 1. The Bertz CT molecular complexity index is 161. The summed E-state index contributed by atoms with van der Waals surface area (Å²) in [5, 5.41) is 0. The van der Waals surface area contributed by atoms with E-state index in [-0.39, 0.29) is 5.92 Å². The number of carbonyl (C=O) groups is 1. The molecule has 0 amide bonds. The molecule has 0 bridgehead atoms. The van der Waals surface area contributed by atoms with Gasteiger partial charge in [-0.15, -0.1) is 0 Å². The lowest BCUT2D eigenvalue weighted by atomic mass is 9.93. The monoisotopic (exact) mass is 187 g/mol. The van der Waals surface area contributed by atoms with Gasteiger partial charge in [-0.25, -0.2) is 0 Å². The maximum Gasteiger partial charge on any atom is 0.138 e. The van der Waals surface area contributed by atoms with Gasteiger partial charge in [0.2, 0.25) is 0 Å². The molecule has 0 saturated carbocycles. The molecule has 0 N–H and O–H groups in total. The van der Waals surface area contributed by atoms with Crippen molar-refractivity contribution >= 4 is 18.4 Å². The average molecular weight is 187 g/mol. The van der Waals surface area contributed by atoms with Crippen molar-refractivity contribution in [1.29, 1.82) is 0 Å². The van der Waals surface area contributed by atoms with Crippen LogP contribution in [0.4, 0.5) is 0 Å². The zero-order valence-electron chi connectivity index (χ0n) is 7.62. The van der Waals surface area contributed by atoms with Crippen molar-refractivity contribution in [3.05, 3.63) is 0 Å². The molecule has 70 valence electrons. The van der Waals surface area contributed by atoms with Crippen molar-refractivity contribution in [1.82, 2.24) is 4.90 Å². The summed E-state index contributed by atoms with van der Waals surface area (Å²) in [6, 6.07) is 0. The second-order valence-corrected chi connectivity index (χ2v) is 3.99. The van der Waals surface area contributed by atoms with Gasteiger partial charge in [-0.2, -0.15) is 12.6 Å². The summed E-state index contributed by atoms with van der Waals surface area (Å²) >= 11 is 4.07. The Labute approximate surface area is 79.7 Å². The molecule has 1 heterocycles. The highest BCUT2D eigenvalue weighted by atomic mass is 32.1. The van der Waals surface area contributed by atoms with Gasteiger partial charge in [-0.1, -0.05) is 0 Å². The second kappa shape index (κ2) is 4.87. The Kier molecular flexibility index (Phi) is 4.09. The average Bonchev–Trinajstić information content (AvgIpc) is 2.05. The fraction of sp³-hybridized carbons (Fsp3) is 0.889. The lowest BCUT2D eigenvalue weighted by Gasteiger charge is -2.28. The van der Waals surface area contributed by atoms with Crippen molar-refractivity contribution in [3.8, 4) is 0 Å². The Morgan fingerprint density at radius 3 is 3.00 bits per heavy atom. The van der Waals surface area contributed by atoms with E-state index in [2.05, 4.69) is 24.6 Å². The molecule has 1 rings (SSSR count). The van der Waals surface area contributed by atoms with Crippen LogP contribution in [0.25, 0.3) is 0 Å². The first-order chi connectivity index (χ1) is 5.74. The van der Waals surface area contributed by atoms with Gasteiger partial charge in [-0.05, 0) is 32.2 Å². The third kappa shape index (κ3) is 2.79. The fourth-order valence-corrected chi connectivity index (χ4v) is 1.96. The normalized spacial score (nSPS) is 25.7. The molecule has 1 fully saturated rings. The van der Waals surface area contributed by atoms with Crippen molar-refractivity contribution in [2.45, 2.75) is 19.3 Å². The summed E-state index contributed by atoms with van der Waals surface area (Å²) in [6.07, 6.45) is 2.89. The maximum absolute atomic E-state index is 11.5. The zero-order valence-corrected chi connectivity index (χ0v) is 8.52. The van der Waals surface area contributed by atoms with E-state index < -0.39 is 0 Å². The molecule has 0 aromatic heterocycles. The summed E-state index contributed by atoms with van der Waals surface area (Å²) < 4.78 is 0. The van der Waals surface area contributed by atoms with E-state index in [1.165, 1.54) is 6.42 Å². The number of hydrogen-bond acceptors (Lipinski definition) is 3. The molecule has 1 aliphatic heterocycles. The summed E-state index contributed by atoms with van der Waals surface area (Å²) in [5.41, 5.74) is 0. The molecule has 0 radical (unpaired) electrons. The van der Waals surface area contributed by atoms with Gasteiger partial charge in [0, 0.05) is 18.9 Å². The highest BCUT2D eigenvalue weighted by Gasteiger charge is 2.22. The number of Topliss-reactive ketones (excluding diaryl/α,β-unsaturated/α-hetero) is 1. The highest BCUT2D eigenvalue weighted by Crippen LogP contribution is 2.17. The molecule has 1 atom stereocenters. The minimum Gasteiger partial charge on any atom is -0.306 e. The van der Waals surface area contributed by atoms with E-state index >= 15 is 0 Å². The highest BCUT2D eigenvalue weighted by molar-refractivity contribution is 7.80. The van der Waals surface area contributed by atoms with Crippen LogP contribution in [0.15, 0.2) is 0 Å². The van der Waals surface area contributed by atoms with Crippen LogP contribution in [-0.2, 0) is 4.79 Å². The van der Waals surface area contributed by atoms with Gasteiger partial charge in [0.25, 0.3) is 0 Å². The lowest BCUT2D eigenvalue weighted by molar-refractivity contribution is -0.123. The van der Waals surface area contributed by atoms with Crippen LogP contribution in [0, 0.1) is 5.92 Å². The Morgan fingerprint density at radius 1 is 1.67 bits per heavy atom. The van der Waals surface area contributed by atoms with Crippen LogP contribution in [0.1, 0.15) is 19.3 Å². The predicted octanol–water partition coefficient (Wildman–Crippen LogP) is 1.22. The van der Waals surface area contributed by atoms with E-state index in [1.807, 2.05) is 0 Å². The van der Waals surface area contributed by atoms with Gasteiger partial charge in [0.1, 0.15) is 5.78 Å². The van der Waals surface area contributed by atoms with Gasteiger partial charge >= 0.3 is 0 Å². The Balaban J connectivity index is 2.35. The lowest BCUT2D eigenvalue weighted by Crippen LogP contribution is -2.36. The number of hydrogen-bond donors (Lipinski definition) is 1. The first kappa shape index (κ1) is 10.1. The van der Waals surface area contributed by atoms with Crippen LogP contribution in [0.5, 0.6) is 0 Å². The smallest absolute Gasteiger partial charge is 0.138 e. The van der Waals surface area contributed by atoms with Crippen molar-refractivity contribution < 1.29 is 4.79 Å². The van der Waals surface area contributed by atoms with Gasteiger partial charge in [-0.3, -0.25) is 4.79 Å². The van der Waals surface area contributed by atoms with Crippen LogP contribution >= 0.6 is 12.6 Å². The van der Waals surface area contributed by atoms with Gasteiger partial charge in [0.15, 0.2) is 0 Å². The standard InChI is InChI=1S/C9H17NOS/c1-10-5-2-3-8(7-10)9(11)4-6-12/h8,12H,2-7H2,1H3. The minimum absolute atomic E-state index is 0.288. The number of nitrogens with zero attached hydrogens (tertiary/aromatic N) is 1. The molecule has 1 unspecified atom stereocenters. The molecular formula is C9H17NOS. The number of carbonyl (C=O) groups excluding carboxylic acids is 1. The topological polar surface area (TPSA) is 20.3 Å². The maximum atomic E-state index is 11.5. The molecule has 0 aromatic carbocycles. The number of thiol groups is 1. The summed E-state index contributed by atoms with van der Waals surface area (Å²) in [6.45, 7) is 2.09. The molecule has 2 nitrogen and oxygen atoms in total. The minimum atomic E-state index is 0.288.